The number of fused-ring (bicyclic) bond motifs is 3. The van der Waals surface area contributed by atoms with Crippen LogP contribution < -0.4 is 4.74 Å². The second-order valence-electron chi connectivity index (χ2n) is 4.87. The Kier molecular flexibility index (Phi) is 3.30. The summed E-state index contributed by atoms with van der Waals surface area (Å²) >= 11 is 0. The van der Waals surface area contributed by atoms with E-state index in [4.69, 9.17) is 15.3 Å². The van der Waals surface area contributed by atoms with Gasteiger partial charge in [0.1, 0.15) is 18.2 Å². The van der Waals surface area contributed by atoms with E-state index in [9.17, 15) is 4.39 Å². The lowest BCUT2D eigenvalue weighted by Gasteiger charge is -2.22. The molecule has 0 aromatic heterocycles. The first kappa shape index (κ1) is 13.1. The fourth-order valence-electron chi connectivity index (χ4n) is 2.51. The summed E-state index contributed by atoms with van der Waals surface area (Å²) in [6.45, 7) is 0.362. The average Bonchev–Trinajstić information content (AvgIpc) is 2.52. The van der Waals surface area contributed by atoms with Crippen molar-refractivity contribution in [2.75, 3.05) is 0 Å². The molecule has 0 bridgehead atoms. The standard InChI is InChI=1S/C17H11FN2O/c18-16-8-15-14-4-3-11(9-20)6-13(14)10-21-17(15)7-12(16)2-1-5-19/h3-4,6-8H,1-2,10H2. The summed E-state index contributed by atoms with van der Waals surface area (Å²) in [6, 6.07) is 12.5. The van der Waals surface area contributed by atoms with Gasteiger partial charge in [-0.05, 0) is 47.4 Å². The molecule has 0 N–H and O–H groups in total. The molecule has 102 valence electrons. The largest absolute Gasteiger partial charge is 0.488 e. The molecule has 1 aliphatic rings. The highest BCUT2D eigenvalue weighted by molar-refractivity contribution is 5.76. The van der Waals surface area contributed by atoms with Crippen molar-refractivity contribution in [1.29, 1.82) is 10.5 Å². The Labute approximate surface area is 121 Å². The fourth-order valence-corrected chi connectivity index (χ4v) is 2.51. The van der Waals surface area contributed by atoms with Crippen molar-refractivity contribution >= 4 is 0 Å². The van der Waals surface area contributed by atoms with Crippen molar-refractivity contribution in [1.82, 2.24) is 0 Å². The summed E-state index contributed by atoms with van der Waals surface area (Å²) in [5.74, 6) is 0.298. The number of halogens is 1. The first-order valence-corrected chi connectivity index (χ1v) is 6.58. The highest BCUT2D eigenvalue weighted by Crippen LogP contribution is 2.39. The van der Waals surface area contributed by atoms with Gasteiger partial charge in [0.15, 0.2) is 0 Å². The molecule has 2 aromatic rings. The third-order valence-electron chi connectivity index (χ3n) is 3.56. The van der Waals surface area contributed by atoms with Crippen molar-refractivity contribution in [3.8, 4) is 29.0 Å². The Balaban J connectivity index is 2.08. The molecule has 1 heterocycles. The van der Waals surface area contributed by atoms with Gasteiger partial charge >= 0.3 is 0 Å². The molecule has 0 fully saturated rings. The average molecular weight is 278 g/mol. The fraction of sp³-hybridized carbons (Fsp3) is 0.176. The Morgan fingerprint density at radius 2 is 2.00 bits per heavy atom. The zero-order valence-electron chi connectivity index (χ0n) is 11.2. The number of hydrogen-bond donors (Lipinski definition) is 0. The molecule has 2 aromatic carbocycles. The van der Waals surface area contributed by atoms with E-state index in [1.807, 2.05) is 12.1 Å². The molecule has 3 nitrogen and oxygen atoms in total. The van der Waals surface area contributed by atoms with Gasteiger partial charge in [0.05, 0.1) is 17.7 Å². The van der Waals surface area contributed by atoms with E-state index in [1.54, 1.807) is 18.2 Å². The summed E-state index contributed by atoms with van der Waals surface area (Å²) in [6.07, 6.45) is 0.650. The summed E-state index contributed by atoms with van der Waals surface area (Å²) in [4.78, 5) is 0. The van der Waals surface area contributed by atoms with Crippen LogP contribution in [0.4, 0.5) is 4.39 Å². The van der Waals surface area contributed by atoms with E-state index in [0.717, 1.165) is 11.1 Å². The van der Waals surface area contributed by atoms with E-state index in [2.05, 4.69) is 6.07 Å². The zero-order chi connectivity index (χ0) is 14.8. The van der Waals surface area contributed by atoms with Gasteiger partial charge in [-0.2, -0.15) is 10.5 Å². The maximum Gasteiger partial charge on any atom is 0.128 e. The van der Waals surface area contributed by atoms with Crippen LogP contribution in [0.1, 0.15) is 23.1 Å². The van der Waals surface area contributed by atoms with Crippen LogP contribution in [0.3, 0.4) is 0 Å². The lowest BCUT2D eigenvalue weighted by atomic mass is 9.93. The molecule has 0 saturated carbocycles. The number of aryl methyl sites for hydroxylation is 1. The van der Waals surface area contributed by atoms with E-state index in [-0.39, 0.29) is 12.2 Å². The van der Waals surface area contributed by atoms with Crippen LogP contribution >= 0.6 is 0 Å². The number of benzene rings is 2. The second-order valence-corrected chi connectivity index (χ2v) is 4.87. The van der Waals surface area contributed by atoms with Crippen molar-refractivity contribution in [2.24, 2.45) is 0 Å². The van der Waals surface area contributed by atoms with Gasteiger partial charge in [0.2, 0.25) is 0 Å². The molecule has 4 heteroatoms. The predicted octanol–water partition coefficient (Wildman–Crippen LogP) is 3.71. The topological polar surface area (TPSA) is 56.8 Å². The SMILES string of the molecule is N#CCCc1cc2c(cc1F)-c1ccc(C#N)cc1CO2. The Morgan fingerprint density at radius 1 is 1.14 bits per heavy atom. The third kappa shape index (κ3) is 2.32. The normalized spacial score (nSPS) is 11.6. The first-order chi connectivity index (χ1) is 10.2. The summed E-state index contributed by atoms with van der Waals surface area (Å²) in [7, 11) is 0. The molecule has 0 saturated heterocycles. The molecule has 1 aliphatic heterocycles. The molecular weight excluding hydrogens is 267 g/mol. The zero-order valence-corrected chi connectivity index (χ0v) is 11.2. The summed E-state index contributed by atoms with van der Waals surface area (Å²) in [5.41, 5.74) is 3.52. The highest BCUT2D eigenvalue weighted by Gasteiger charge is 2.20. The number of rotatable bonds is 2. The number of ether oxygens (including phenoxy) is 1. The Bertz CT molecular complexity index is 800. The minimum atomic E-state index is -0.329. The van der Waals surface area contributed by atoms with Crippen LogP contribution in [-0.2, 0) is 13.0 Å². The van der Waals surface area contributed by atoms with Crippen molar-refractivity contribution in [3.05, 3.63) is 52.8 Å². The van der Waals surface area contributed by atoms with Gasteiger partial charge in [0, 0.05) is 12.0 Å². The van der Waals surface area contributed by atoms with E-state index in [0.29, 0.717) is 35.5 Å². The van der Waals surface area contributed by atoms with Crippen molar-refractivity contribution < 1.29 is 9.13 Å². The monoisotopic (exact) mass is 278 g/mol. The molecule has 0 unspecified atom stereocenters. The number of nitrogens with zero attached hydrogens (tertiary/aromatic N) is 2. The molecular formula is C17H11FN2O. The second kappa shape index (κ2) is 5.26. The maximum absolute atomic E-state index is 14.1. The smallest absolute Gasteiger partial charge is 0.128 e. The van der Waals surface area contributed by atoms with E-state index < -0.39 is 0 Å². The lowest BCUT2D eigenvalue weighted by Crippen LogP contribution is -2.07. The third-order valence-corrected chi connectivity index (χ3v) is 3.56. The molecule has 0 amide bonds. The summed E-state index contributed by atoms with van der Waals surface area (Å²) < 4.78 is 19.8. The van der Waals surface area contributed by atoms with Crippen LogP contribution in [0.25, 0.3) is 11.1 Å². The van der Waals surface area contributed by atoms with Crippen molar-refractivity contribution in [2.45, 2.75) is 19.4 Å². The summed E-state index contributed by atoms with van der Waals surface area (Å²) in [5, 5.41) is 17.5. The molecule has 0 radical (unpaired) electrons. The minimum Gasteiger partial charge on any atom is -0.488 e. The van der Waals surface area contributed by atoms with Gasteiger partial charge in [-0.15, -0.1) is 0 Å². The first-order valence-electron chi connectivity index (χ1n) is 6.58. The van der Waals surface area contributed by atoms with Crippen LogP contribution in [0.5, 0.6) is 5.75 Å². The molecule has 0 atom stereocenters. The predicted molar refractivity (Wildman–Crippen MR) is 74.8 cm³/mol. The van der Waals surface area contributed by atoms with Gasteiger partial charge in [0.25, 0.3) is 0 Å². The van der Waals surface area contributed by atoms with Crippen LogP contribution in [-0.4, -0.2) is 0 Å². The molecule has 0 spiro atoms. The van der Waals surface area contributed by atoms with Gasteiger partial charge in [-0.25, -0.2) is 4.39 Å². The van der Waals surface area contributed by atoms with Crippen LogP contribution in [0.15, 0.2) is 30.3 Å². The lowest BCUT2D eigenvalue weighted by molar-refractivity contribution is 0.301. The quantitative estimate of drug-likeness (QED) is 0.841. The van der Waals surface area contributed by atoms with Gasteiger partial charge in [-0.3, -0.25) is 0 Å². The minimum absolute atomic E-state index is 0.276. The van der Waals surface area contributed by atoms with Crippen molar-refractivity contribution in [3.63, 3.8) is 0 Å². The van der Waals surface area contributed by atoms with E-state index in [1.165, 1.54) is 6.07 Å². The maximum atomic E-state index is 14.1. The molecule has 0 aliphatic carbocycles. The molecule has 3 rings (SSSR count). The van der Waals surface area contributed by atoms with Crippen LogP contribution in [0, 0.1) is 28.5 Å². The molecule has 21 heavy (non-hydrogen) atoms. The van der Waals surface area contributed by atoms with Crippen LogP contribution in [0.2, 0.25) is 0 Å². The van der Waals surface area contributed by atoms with E-state index >= 15 is 0 Å². The Morgan fingerprint density at radius 3 is 2.76 bits per heavy atom. The highest BCUT2D eigenvalue weighted by atomic mass is 19.1. The van der Waals surface area contributed by atoms with Gasteiger partial charge in [-0.1, -0.05) is 6.07 Å². The Hall–Kier alpha value is -2.85. The number of hydrogen-bond acceptors (Lipinski definition) is 3. The number of nitriles is 2. The van der Waals surface area contributed by atoms with Gasteiger partial charge < -0.3 is 4.74 Å².